The van der Waals surface area contributed by atoms with Gasteiger partial charge in [0.25, 0.3) is 0 Å². The minimum Gasteiger partial charge on any atom is -0.0625 e. The van der Waals surface area contributed by atoms with Crippen molar-refractivity contribution in [1.82, 2.24) is 0 Å². The van der Waals surface area contributed by atoms with Crippen LogP contribution in [0.1, 0.15) is 49.9 Å². The van der Waals surface area contributed by atoms with Gasteiger partial charge in [0.2, 0.25) is 0 Å². The second-order valence-electron chi connectivity index (χ2n) is 7.10. The fourth-order valence-corrected chi connectivity index (χ4v) is 2.70. The topological polar surface area (TPSA) is 0 Å². The first-order valence-electron chi connectivity index (χ1n) is 8.73. The smallest absolute Gasteiger partial charge is 0.0258 e. The lowest BCUT2D eigenvalue weighted by molar-refractivity contribution is 0.647. The summed E-state index contributed by atoms with van der Waals surface area (Å²) >= 11 is 0. The molecule has 2 aromatic rings. The van der Waals surface area contributed by atoms with Gasteiger partial charge in [-0.25, -0.2) is 0 Å². The normalized spacial score (nSPS) is 10.1. The monoisotopic (exact) mass is 314 g/mol. The van der Waals surface area contributed by atoms with Crippen LogP contribution in [0.25, 0.3) is 0 Å². The summed E-state index contributed by atoms with van der Waals surface area (Å²) in [7, 11) is 0. The molecule has 0 fully saturated rings. The van der Waals surface area contributed by atoms with Crippen LogP contribution in [0.3, 0.4) is 0 Å². The Labute approximate surface area is 147 Å². The van der Waals surface area contributed by atoms with Gasteiger partial charge >= 0.3 is 0 Å². The molecule has 122 valence electrons. The highest BCUT2D eigenvalue weighted by molar-refractivity contribution is 5.46. The maximum Gasteiger partial charge on any atom is 0.0258 e. The Hall–Kier alpha value is -2.44. The van der Waals surface area contributed by atoms with E-state index in [-0.39, 0.29) is 0 Å². The lowest BCUT2D eigenvalue weighted by atomic mass is 10.0. The molecule has 0 nitrogen and oxygen atoms in total. The molecule has 0 spiro atoms. The van der Waals surface area contributed by atoms with Crippen LogP contribution in [0.5, 0.6) is 0 Å². The Morgan fingerprint density at radius 1 is 0.667 bits per heavy atom. The highest BCUT2D eigenvalue weighted by Gasteiger charge is 1.98. The minimum absolute atomic E-state index is 0.658. The summed E-state index contributed by atoms with van der Waals surface area (Å²) in [5, 5.41) is 0. The number of benzene rings is 2. The SMILES string of the molecule is CC(C)Cc1cccc(C#CC#Cc2cccc(CC(C)C)c2)c1. The van der Waals surface area contributed by atoms with E-state index in [0.717, 1.165) is 24.0 Å². The number of hydrogen-bond donors (Lipinski definition) is 0. The molecule has 0 amide bonds. The number of hydrogen-bond acceptors (Lipinski definition) is 0. The van der Waals surface area contributed by atoms with Gasteiger partial charge in [-0.15, -0.1) is 0 Å². The third-order valence-corrected chi connectivity index (χ3v) is 3.62. The van der Waals surface area contributed by atoms with E-state index in [0.29, 0.717) is 11.8 Å². The van der Waals surface area contributed by atoms with Crippen LogP contribution in [-0.4, -0.2) is 0 Å². The minimum atomic E-state index is 0.658. The first-order chi connectivity index (χ1) is 11.5. The predicted octanol–water partition coefficient (Wildman–Crippen LogP) is 5.49. The molecule has 0 saturated carbocycles. The van der Waals surface area contributed by atoms with Crippen molar-refractivity contribution in [2.45, 2.75) is 40.5 Å². The van der Waals surface area contributed by atoms with Gasteiger partial charge in [0.05, 0.1) is 0 Å². The van der Waals surface area contributed by atoms with Crippen molar-refractivity contribution in [3.05, 3.63) is 70.8 Å². The van der Waals surface area contributed by atoms with Crippen molar-refractivity contribution in [3.8, 4) is 23.7 Å². The average Bonchev–Trinajstić information content (AvgIpc) is 2.51. The Morgan fingerprint density at radius 2 is 1.08 bits per heavy atom. The van der Waals surface area contributed by atoms with Crippen molar-refractivity contribution >= 4 is 0 Å². The fourth-order valence-electron chi connectivity index (χ4n) is 2.70. The summed E-state index contributed by atoms with van der Waals surface area (Å²) in [6.45, 7) is 8.93. The first-order valence-corrected chi connectivity index (χ1v) is 8.73. The van der Waals surface area contributed by atoms with Crippen molar-refractivity contribution in [2.75, 3.05) is 0 Å². The maximum atomic E-state index is 3.15. The molecule has 24 heavy (non-hydrogen) atoms. The molecule has 0 aliphatic heterocycles. The zero-order valence-corrected chi connectivity index (χ0v) is 15.2. The van der Waals surface area contributed by atoms with Gasteiger partial charge in [0.1, 0.15) is 0 Å². The summed E-state index contributed by atoms with van der Waals surface area (Å²) in [4.78, 5) is 0. The molecular formula is C24H26. The third kappa shape index (κ3) is 6.36. The molecule has 2 rings (SSSR count). The Morgan fingerprint density at radius 3 is 1.46 bits per heavy atom. The highest BCUT2D eigenvalue weighted by atomic mass is 14.0. The average molecular weight is 314 g/mol. The predicted molar refractivity (Wildman–Crippen MR) is 104 cm³/mol. The van der Waals surface area contributed by atoms with Crippen LogP contribution in [0.15, 0.2) is 48.5 Å². The summed E-state index contributed by atoms with van der Waals surface area (Å²) in [5.41, 5.74) is 4.75. The summed E-state index contributed by atoms with van der Waals surface area (Å²) in [6.07, 6.45) is 2.17. The van der Waals surface area contributed by atoms with E-state index in [9.17, 15) is 0 Å². The molecule has 0 radical (unpaired) electrons. The molecular weight excluding hydrogens is 288 g/mol. The molecule has 0 aliphatic carbocycles. The van der Waals surface area contributed by atoms with Crippen molar-refractivity contribution in [3.63, 3.8) is 0 Å². The fraction of sp³-hybridized carbons (Fsp3) is 0.333. The molecule has 0 aromatic heterocycles. The molecule has 0 N–H and O–H groups in total. The van der Waals surface area contributed by atoms with E-state index in [4.69, 9.17) is 0 Å². The Bertz CT molecular complexity index is 716. The summed E-state index contributed by atoms with van der Waals surface area (Å²) < 4.78 is 0. The van der Waals surface area contributed by atoms with Gasteiger partial charge in [-0.05, 0) is 71.9 Å². The second-order valence-corrected chi connectivity index (χ2v) is 7.10. The van der Waals surface area contributed by atoms with Crippen LogP contribution < -0.4 is 0 Å². The molecule has 0 heteroatoms. The Kier molecular flexibility index (Phi) is 6.72. The van der Waals surface area contributed by atoms with Crippen LogP contribution >= 0.6 is 0 Å². The van der Waals surface area contributed by atoms with Gasteiger partial charge < -0.3 is 0 Å². The zero-order chi connectivity index (χ0) is 17.4. The van der Waals surface area contributed by atoms with Gasteiger partial charge in [-0.1, -0.05) is 63.8 Å². The van der Waals surface area contributed by atoms with Gasteiger partial charge in [-0.2, -0.15) is 0 Å². The van der Waals surface area contributed by atoms with Crippen molar-refractivity contribution in [2.24, 2.45) is 11.8 Å². The molecule has 0 unspecified atom stereocenters. The van der Waals surface area contributed by atoms with Crippen LogP contribution in [0.4, 0.5) is 0 Å². The standard InChI is InChI=1S/C24H26/c1-19(2)15-23-13-7-11-21(17-23)9-5-6-10-22-12-8-14-24(18-22)16-20(3)4/h7-8,11-14,17-20H,15-16H2,1-4H3. The first kappa shape index (κ1) is 17.9. The van der Waals surface area contributed by atoms with Crippen molar-refractivity contribution in [1.29, 1.82) is 0 Å². The second kappa shape index (κ2) is 9.00. The van der Waals surface area contributed by atoms with E-state index < -0.39 is 0 Å². The van der Waals surface area contributed by atoms with E-state index >= 15 is 0 Å². The summed E-state index contributed by atoms with van der Waals surface area (Å²) in [6, 6.07) is 16.9. The summed E-state index contributed by atoms with van der Waals surface area (Å²) in [5.74, 6) is 13.6. The maximum absolute atomic E-state index is 3.15. The van der Waals surface area contributed by atoms with E-state index in [1.165, 1.54) is 11.1 Å². The van der Waals surface area contributed by atoms with E-state index in [1.807, 2.05) is 12.1 Å². The lowest BCUT2D eigenvalue weighted by Gasteiger charge is -2.04. The molecule has 0 atom stereocenters. The third-order valence-electron chi connectivity index (χ3n) is 3.62. The van der Waals surface area contributed by atoms with Crippen LogP contribution in [0, 0.1) is 35.5 Å². The lowest BCUT2D eigenvalue weighted by Crippen LogP contribution is -1.94. The molecule has 2 aromatic carbocycles. The van der Waals surface area contributed by atoms with Crippen LogP contribution in [0.2, 0.25) is 0 Å². The van der Waals surface area contributed by atoms with E-state index in [2.05, 4.69) is 87.8 Å². The van der Waals surface area contributed by atoms with Gasteiger partial charge in [-0.3, -0.25) is 0 Å². The van der Waals surface area contributed by atoms with Crippen molar-refractivity contribution < 1.29 is 0 Å². The molecule has 0 saturated heterocycles. The molecule has 0 bridgehead atoms. The molecule has 0 heterocycles. The molecule has 0 aliphatic rings. The van der Waals surface area contributed by atoms with Gasteiger partial charge in [0, 0.05) is 11.1 Å². The Balaban J connectivity index is 2.07. The largest absolute Gasteiger partial charge is 0.0625 e. The zero-order valence-electron chi connectivity index (χ0n) is 15.2. The quantitative estimate of drug-likeness (QED) is 0.655. The highest BCUT2D eigenvalue weighted by Crippen LogP contribution is 2.11. The van der Waals surface area contributed by atoms with Gasteiger partial charge in [0.15, 0.2) is 0 Å². The van der Waals surface area contributed by atoms with E-state index in [1.54, 1.807) is 0 Å². The van der Waals surface area contributed by atoms with Crippen LogP contribution in [-0.2, 0) is 12.8 Å². The number of rotatable bonds is 4.